The van der Waals surface area contributed by atoms with Crippen LogP contribution in [0.3, 0.4) is 0 Å². The van der Waals surface area contributed by atoms with Crippen LogP contribution in [0.5, 0.6) is 5.75 Å². The number of carboxylic acids is 1. The fourth-order valence-corrected chi connectivity index (χ4v) is 3.63. The number of benzene rings is 2. The molecule has 1 saturated heterocycles. The third kappa shape index (κ3) is 6.75. The van der Waals surface area contributed by atoms with Crippen molar-refractivity contribution < 1.29 is 33.0 Å². The molecule has 1 atom stereocenters. The van der Waals surface area contributed by atoms with Gasteiger partial charge < -0.3 is 20.8 Å². The number of carbonyl (C=O) groups excluding carboxylic acids is 1. The highest BCUT2D eigenvalue weighted by Crippen LogP contribution is 2.37. The van der Waals surface area contributed by atoms with Gasteiger partial charge >= 0.3 is 12.1 Å². The molecule has 0 radical (unpaired) electrons. The van der Waals surface area contributed by atoms with Gasteiger partial charge in [-0.05, 0) is 37.0 Å². The molecule has 32 heavy (non-hydrogen) atoms. The molecule has 1 heterocycles. The van der Waals surface area contributed by atoms with Crippen molar-refractivity contribution in [1.82, 2.24) is 4.90 Å². The highest BCUT2D eigenvalue weighted by atomic mass is 35.5. The molecule has 0 spiro atoms. The van der Waals surface area contributed by atoms with Crippen molar-refractivity contribution in [3.8, 4) is 5.75 Å². The third-order valence-corrected chi connectivity index (χ3v) is 5.75. The van der Waals surface area contributed by atoms with Gasteiger partial charge in [0.15, 0.2) is 0 Å². The molecule has 0 bridgehead atoms. The summed E-state index contributed by atoms with van der Waals surface area (Å²) in [6.45, 7) is 1.29. The number of amides is 1. The minimum absolute atomic E-state index is 0.0463. The molecular weight excluding hydrogens is 472 g/mol. The van der Waals surface area contributed by atoms with Gasteiger partial charge in [-0.15, -0.1) is 0 Å². The molecule has 0 aliphatic carbocycles. The first-order valence-electron chi connectivity index (χ1n) is 9.49. The molecule has 0 saturated carbocycles. The Hall–Kier alpha value is -2.49. The van der Waals surface area contributed by atoms with E-state index in [0.29, 0.717) is 34.3 Å². The number of likely N-dealkylation sites (tertiary alicyclic amines) is 1. The van der Waals surface area contributed by atoms with Crippen molar-refractivity contribution in [1.29, 1.82) is 0 Å². The number of carbonyl (C=O) groups is 2. The monoisotopic (exact) mass is 492 g/mol. The van der Waals surface area contributed by atoms with Gasteiger partial charge in [0.25, 0.3) is 5.91 Å². The number of alkyl halides is 3. The fraction of sp³-hybridized carbons (Fsp3) is 0.333. The molecule has 1 aliphatic rings. The van der Waals surface area contributed by atoms with Crippen LogP contribution in [0.1, 0.15) is 34.8 Å². The van der Waals surface area contributed by atoms with E-state index in [1.165, 1.54) is 6.07 Å². The van der Waals surface area contributed by atoms with E-state index in [-0.39, 0.29) is 23.6 Å². The van der Waals surface area contributed by atoms with Crippen LogP contribution in [0.15, 0.2) is 42.5 Å². The lowest BCUT2D eigenvalue weighted by Gasteiger charge is -2.35. The number of hydrogen-bond donors (Lipinski definition) is 3. The Morgan fingerprint density at radius 2 is 1.56 bits per heavy atom. The van der Waals surface area contributed by atoms with Crippen LogP contribution in [-0.4, -0.2) is 46.3 Å². The molecule has 1 unspecified atom stereocenters. The second kappa shape index (κ2) is 10.9. The number of carboxylic acid groups (broad SMARTS) is 1. The SMILES string of the molecule is NC(c1cc(Cl)c(Cl)cc1O)C1CCN(C(=O)c2ccccc2)CC1.O=C(O)C(F)(F)F. The highest BCUT2D eigenvalue weighted by molar-refractivity contribution is 6.42. The molecule has 3 rings (SSSR count). The van der Waals surface area contributed by atoms with Gasteiger partial charge in [-0.3, -0.25) is 4.79 Å². The minimum Gasteiger partial charge on any atom is -0.508 e. The second-order valence-corrected chi connectivity index (χ2v) is 7.96. The van der Waals surface area contributed by atoms with Gasteiger partial charge in [-0.1, -0.05) is 41.4 Å². The smallest absolute Gasteiger partial charge is 0.490 e. The summed E-state index contributed by atoms with van der Waals surface area (Å²) in [7, 11) is 0. The number of halogens is 5. The zero-order valence-electron chi connectivity index (χ0n) is 16.6. The number of phenols is 1. The average Bonchev–Trinajstić information content (AvgIpc) is 2.76. The molecule has 1 fully saturated rings. The zero-order chi connectivity index (χ0) is 24.1. The summed E-state index contributed by atoms with van der Waals surface area (Å²) >= 11 is 12.0. The lowest BCUT2D eigenvalue weighted by atomic mass is 9.85. The Morgan fingerprint density at radius 3 is 2.06 bits per heavy atom. The number of nitrogens with zero attached hydrogens (tertiary/aromatic N) is 1. The molecule has 4 N–H and O–H groups in total. The molecule has 0 aromatic heterocycles. The molecule has 11 heteroatoms. The van der Waals surface area contributed by atoms with Gasteiger partial charge in [0.2, 0.25) is 0 Å². The Balaban J connectivity index is 0.000000451. The average molecular weight is 493 g/mol. The van der Waals surface area contributed by atoms with E-state index in [2.05, 4.69) is 0 Å². The molecular formula is C21H21Cl2F3N2O4. The van der Waals surface area contributed by atoms with E-state index >= 15 is 0 Å². The normalized spacial score (nSPS) is 15.5. The van der Waals surface area contributed by atoms with Crippen LogP contribution in [0.25, 0.3) is 0 Å². The zero-order valence-corrected chi connectivity index (χ0v) is 18.2. The van der Waals surface area contributed by atoms with E-state index in [1.807, 2.05) is 35.2 Å². The van der Waals surface area contributed by atoms with E-state index in [9.17, 15) is 23.1 Å². The van der Waals surface area contributed by atoms with Gasteiger partial charge in [-0.25, -0.2) is 4.79 Å². The summed E-state index contributed by atoms with van der Waals surface area (Å²) in [5.41, 5.74) is 7.66. The number of piperidine rings is 1. The maximum atomic E-state index is 12.5. The molecule has 1 amide bonds. The maximum absolute atomic E-state index is 12.5. The number of phenolic OH excluding ortho intramolecular Hbond substituents is 1. The summed E-state index contributed by atoms with van der Waals surface area (Å²) in [6.07, 6.45) is -3.53. The topological polar surface area (TPSA) is 104 Å². The Labute approximate surface area is 192 Å². The largest absolute Gasteiger partial charge is 0.508 e. The predicted molar refractivity (Wildman–Crippen MR) is 114 cm³/mol. The molecule has 6 nitrogen and oxygen atoms in total. The van der Waals surface area contributed by atoms with E-state index in [0.717, 1.165) is 12.8 Å². The standard InChI is InChI=1S/C19H20Cl2N2O2.C2HF3O2/c20-15-10-14(17(24)11-16(15)21)18(22)12-6-8-23(9-7-12)19(25)13-4-2-1-3-5-13;3-2(4,5)1(6)7/h1-5,10-12,18,24H,6-9,22H2;(H,6,7). The number of nitrogens with two attached hydrogens (primary N) is 1. The van der Waals surface area contributed by atoms with Crippen LogP contribution in [0.4, 0.5) is 13.2 Å². The second-order valence-electron chi connectivity index (χ2n) is 7.15. The predicted octanol–water partition coefficient (Wildman–Crippen LogP) is 4.88. The number of aromatic hydroxyl groups is 1. The van der Waals surface area contributed by atoms with E-state index < -0.39 is 12.1 Å². The first kappa shape index (κ1) is 25.8. The Kier molecular flexibility index (Phi) is 8.77. The van der Waals surface area contributed by atoms with Crippen LogP contribution in [0.2, 0.25) is 10.0 Å². The summed E-state index contributed by atoms with van der Waals surface area (Å²) in [5.74, 6) is -2.48. The molecule has 174 valence electrons. The Morgan fingerprint density at radius 1 is 1.06 bits per heavy atom. The Bertz CT molecular complexity index is 950. The molecule has 1 aliphatic heterocycles. The third-order valence-electron chi connectivity index (χ3n) is 5.03. The summed E-state index contributed by atoms with van der Waals surface area (Å²) in [6, 6.07) is 12.0. The van der Waals surface area contributed by atoms with Crippen LogP contribution in [-0.2, 0) is 4.79 Å². The van der Waals surface area contributed by atoms with Crippen molar-refractivity contribution in [2.45, 2.75) is 25.1 Å². The quantitative estimate of drug-likeness (QED) is 0.566. The lowest BCUT2D eigenvalue weighted by Crippen LogP contribution is -2.41. The highest BCUT2D eigenvalue weighted by Gasteiger charge is 2.38. The van der Waals surface area contributed by atoms with Crippen LogP contribution in [0, 0.1) is 5.92 Å². The van der Waals surface area contributed by atoms with Crippen molar-refractivity contribution in [2.24, 2.45) is 11.7 Å². The van der Waals surface area contributed by atoms with Crippen molar-refractivity contribution in [3.05, 3.63) is 63.6 Å². The molecule has 2 aromatic carbocycles. The number of aliphatic carboxylic acids is 1. The van der Waals surface area contributed by atoms with Gasteiger partial charge in [-0.2, -0.15) is 13.2 Å². The maximum Gasteiger partial charge on any atom is 0.490 e. The van der Waals surface area contributed by atoms with E-state index in [1.54, 1.807) is 6.07 Å². The number of rotatable bonds is 3. The fourth-order valence-electron chi connectivity index (χ4n) is 3.30. The van der Waals surface area contributed by atoms with Crippen molar-refractivity contribution in [3.63, 3.8) is 0 Å². The van der Waals surface area contributed by atoms with Gasteiger partial charge in [0.05, 0.1) is 10.0 Å². The van der Waals surface area contributed by atoms with E-state index in [4.69, 9.17) is 38.8 Å². The minimum atomic E-state index is -5.08. The summed E-state index contributed by atoms with van der Waals surface area (Å²) < 4.78 is 31.7. The van der Waals surface area contributed by atoms with Crippen LogP contribution < -0.4 is 5.73 Å². The number of hydrogen-bond acceptors (Lipinski definition) is 4. The van der Waals surface area contributed by atoms with Crippen molar-refractivity contribution >= 4 is 35.1 Å². The summed E-state index contributed by atoms with van der Waals surface area (Å²) in [4.78, 5) is 23.3. The van der Waals surface area contributed by atoms with Crippen molar-refractivity contribution in [2.75, 3.05) is 13.1 Å². The lowest BCUT2D eigenvalue weighted by molar-refractivity contribution is -0.192. The first-order chi connectivity index (χ1) is 14.9. The first-order valence-corrected chi connectivity index (χ1v) is 10.2. The van der Waals surface area contributed by atoms with Gasteiger partial charge in [0.1, 0.15) is 5.75 Å². The molecule has 2 aromatic rings. The van der Waals surface area contributed by atoms with Gasteiger partial charge in [0, 0.05) is 36.3 Å². The summed E-state index contributed by atoms with van der Waals surface area (Å²) in [5, 5.41) is 17.9. The van der Waals surface area contributed by atoms with Crippen LogP contribution >= 0.6 is 23.2 Å².